The normalized spacial score (nSPS) is 18.2. The van der Waals surface area contributed by atoms with E-state index in [-0.39, 0.29) is 23.7 Å². The molecule has 3 rings (SSSR count). The van der Waals surface area contributed by atoms with E-state index in [1.54, 1.807) is 11.9 Å². The first-order valence-electron chi connectivity index (χ1n) is 10.1. The molecule has 1 saturated carbocycles. The van der Waals surface area contributed by atoms with Gasteiger partial charge in [-0.1, -0.05) is 64.1 Å². The van der Waals surface area contributed by atoms with Crippen LogP contribution in [0.1, 0.15) is 57.1 Å². The minimum atomic E-state index is -0.251. The van der Waals surface area contributed by atoms with Crippen molar-refractivity contribution in [2.75, 3.05) is 17.3 Å². The number of amides is 2. The number of nitrogens with one attached hydrogen (secondary N) is 1. The van der Waals surface area contributed by atoms with Crippen LogP contribution in [0.15, 0.2) is 48.5 Å². The van der Waals surface area contributed by atoms with Gasteiger partial charge in [0.05, 0.1) is 11.8 Å². The molecule has 2 aromatic carbocycles. The van der Waals surface area contributed by atoms with Crippen molar-refractivity contribution in [2.45, 2.75) is 46.0 Å². The minimum Gasteiger partial charge on any atom is -0.325 e. The molecule has 2 unspecified atom stereocenters. The number of benzene rings is 2. The third-order valence-electron chi connectivity index (χ3n) is 5.54. The maximum absolute atomic E-state index is 12.9. The second-order valence-corrected chi connectivity index (χ2v) is 8.29. The van der Waals surface area contributed by atoms with E-state index in [9.17, 15) is 9.59 Å². The zero-order valence-corrected chi connectivity index (χ0v) is 17.4. The Bertz CT molecular complexity index is 832. The Morgan fingerprint density at radius 2 is 1.46 bits per heavy atom. The Labute approximate surface area is 167 Å². The largest absolute Gasteiger partial charge is 0.325 e. The molecule has 1 aliphatic carbocycles. The highest BCUT2D eigenvalue weighted by Gasteiger charge is 2.49. The average molecular weight is 379 g/mol. The molecule has 0 aromatic heterocycles. The van der Waals surface area contributed by atoms with Crippen LogP contribution in [0.5, 0.6) is 0 Å². The van der Waals surface area contributed by atoms with Gasteiger partial charge >= 0.3 is 0 Å². The average Bonchev–Trinajstić information content (AvgIpc) is 3.48. The van der Waals surface area contributed by atoms with Gasteiger partial charge in [0.1, 0.15) is 0 Å². The summed E-state index contributed by atoms with van der Waals surface area (Å²) in [6.45, 7) is 8.53. The van der Waals surface area contributed by atoms with Crippen molar-refractivity contribution in [3.05, 3.63) is 59.7 Å². The van der Waals surface area contributed by atoms with Crippen molar-refractivity contribution in [1.82, 2.24) is 0 Å². The van der Waals surface area contributed by atoms with Crippen LogP contribution in [0.4, 0.5) is 11.4 Å². The van der Waals surface area contributed by atoms with Gasteiger partial charge in [0.2, 0.25) is 11.8 Å². The van der Waals surface area contributed by atoms with Gasteiger partial charge in [0, 0.05) is 18.4 Å². The van der Waals surface area contributed by atoms with Gasteiger partial charge in [-0.05, 0) is 41.5 Å². The smallest absolute Gasteiger partial charge is 0.230 e. The molecule has 1 N–H and O–H groups in total. The number of carbonyl (C=O) groups is 2. The van der Waals surface area contributed by atoms with Gasteiger partial charge in [-0.3, -0.25) is 9.59 Å². The lowest BCUT2D eigenvalue weighted by Crippen LogP contribution is -2.29. The summed E-state index contributed by atoms with van der Waals surface area (Å²) in [5.74, 6) is 0.102. The van der Waals surface area contributed by atoms with Crippen molar-refractivity contribution in [3.8, 4) is 0 Å². The highest BCUT2D eigenvalue weighted by Crippen LogP contribution is 2.42. The van der Waals surface area contributed by atoms with Crippen LogP contribution >= 0.6 is 0 Å². The molecule has 4 heteroatoms. The molecule has 0 bridgehead atoms. The van der Waals surface area contributed by atoms with Crippen LogP contribution in [-0.4, -0.2) is 18.9 Å². The maximum Gasteiger partial charge on any atom is 0.230 e. The molecule has 2 amide bonds. The Hall–Kier alpha value is -2.62. The first-order chi connectivity index (χ1) is 13.3. The van der Waals surface area contributed by atoms with Crippen molar-refractivity contribution in [3.63, 3.8) is 0 Å². The number of carbonyl (C=O) groups excluding carboxylic acids is 2. The second kappa shape index (κ2) is 8.17. The Morgan fingerprint density at radius 1 is 0.893 bits per heavy atom. The highest BCUT2D eigenvalue weighted by molar-refractivity contribution is 6.04. The SMILES string of the molecule is CC(C)c1cccc(C(C)C)c1NC(=O)C1CC1C(=O)N(C)c1ccccc1. The summed E-state index contributed by atoms with van der Waals surface area (Å²) in [6, 6.07) is 15.8. The zero-order chi connectivity index (χ0) is 20.4. The number of hydrogen-bond donors (Lipinski definition) is 1. The fraction of sp³-hybridized carbons (Fsp3) is 0.417. The highest BCUT2D eigenvalue weighted by atomic mass is 16.2. The summed E-state index contributed by atoms with van der Waals surface area (Å²) in [6.07, 6.45) is 0.614. The second-order valence-electron chi connectivity index (χ2n) is 8.29. The molecule has 148 valence electrons. The van der Waals surface area contributed by atoms with Crippen LogP contribution in [0.25, 0.3) is 0 Å². The van der Waals surface area contributed by atoms with Crippen LogP contribution < -0.4 is 10.2 Å². The third kappa shape index (κ3) is 4.11. The molecular formula is C24H30N2O2. The number of hydrogen-bond acceptors (Lipinski definition) is 2. The Kier molecular flexibility index (Phi) is 5.87. The predicted octanol–water partition coefficient (Wildman–Crippen LogP) is 5.17. The molecule has 28 heavy (non-hydrogen) atoms. The summed E-state index contributed by atoms with van der Waals surface area (Å²) >= 11 is 0. The van der Waals surface area contributed by atoms with E-state index in [2.05, 4.69) is 51.2 Å². The van der Waals surface area contributed by atoms with E-state index >= 15 is 0 Å². The van der Waals surface area contributed by atoms with Crippen molar-refractivity contribution in [1.29, 1.82) is 0 Å². The monoisotopic (exact) mass is 378 g/mol. The van der Waals surface area contributed by atoms with Gasteiger partial charge in [0.25, 0.3) is 0 Å². The molecule has 1 aliphatic rings. The van der Waals surface area contributed by atoms with Crippen LogP contribution in [0.3, 0.4) is 0 Å². The molecule has 0 radical (unpaired) electrons. The summed E-state index contributed by atoms with van der Waals surface area (Å²) in [5, 5.41) is 3.16. The number of para-hydroxylation sites is 2. The number of anilines is 2. The van der Waals surface area contributed by atoms with Crippen LogP contribution in [0, 0.1) is 11.8 Å². The van der Waals surface area contributed by atoms with Crippen LogP contribution in [0.2, 0.25) is 0 Å². The lowest BCUT2D eigenvalue weighted by Gasteiger charge is -2.20. The quantitative estimate of drug-likeness (QED) is 0.754. The van der Waals surface area contributed by atoms with Gasteiger partial charge in [0.15, 0.2) is 0 Å². The summed E-state index contributed by atoms with van der Waals surface area (Å²) < 4.78 is 0. The minimum absolute atomic E-state index is 0.00702. The van der Waals surface area contributed by atoms with Crippen molar-refractivity contribution >= 4 is 23.2 Å². The van der Waals surface area contributed by atoms with Gasteiger partial charge in [-0.2, -0.15) is 0 Å². The predicted molar refractivity (Wildman–Crippen MR) is 115 cm³/mol. The fourth-order valence-corrected chi connectivity index (χ4v) is 3.70. The molecule has 2 atom stereocenters. The third-order valence-corrected chi connectivity index (χ3v) is 5.54. The van der Waals surface area contributed by atoms with E-state index in [4.69, 9.17) is 0 Å². The molecular weight excluding hydrogens is 348 g/mol. The Balaban J connectivity index is 1.73. The standard InChI is InChI=1S/C24H30N2O2/c1-15(2)18-12-9-13-19(16(3)4)22(18)25-23(27)20-14-21(20)24(28)26(5)17-10-7-6-8-11-17/h6-13,15-16,20-21H,14H2,1-5H3,(H,25,27). The van der Waals surface area contributed by atoms with E-state index in [0.717, 1.165) is 22.5 Å². The maximum atomic E-state index is 12.9. The van der Waals surface area contributed by atoms with E-state index < -0.39 is 0 Å². The molecule has 1 fully saturated rings. The first-order valence-corrected chi connectivity index (χ1v) is 10.1. The molecule has 2 aromatic rings. The van der Waals surface area contributed by atoms with Gasteiger partial charge in [-0.25, -0.2) is 0 Å². The molecule has 0 spiro atoms. The van der Waals surface area contributed by atoms with Crippen molar-refractivity contribution < 1.29 is 9.59 Å². The van der Waals surface area contributed by atoms with Gasteiger partial charge < -0.3 is 10.2 Å². The zero-order valence-electron chi connectivity index (χ0n) is 17.4. The summed E-state index contributed by atoms with van der Waals surface area (Å²) in [5.41, 5.74) is 4.06. The van der Waals surface area contributed by atoms with E-state index in [0.29, 0.717) is 18.3 Å². The molecule has 0 aliphatic heterocycles. The van der Waals surface area contributed by atoms with Crippen molar-refractivity contribution in [2.24, 2.45) is 11.8 Å². The van der Waals surface area contributed by atoms with E-state index in [1.807, 2.05) is 30.3 Å². The molecule has 0 heterocycles. The number of rotatable bonds is 6. The molecule has 0 saturated heterocycles. The molecule has 4 nitrogen and oxygen atoms in total. The lowest BCUT2D eigenvalue weighted by atomic mass is 9.92. The first kappa shape index (κ1) is 20.1. The Morgan fingerprint density at radius 3 is 2.00 bits per heavy atom. The van der Waals surface area contributed by atoms with E-state index in [1.165, 1.54) is 0 Å². The topological polar surface area (TPSA) is 49.4 Å². The lowest BCUT2D eigenvalue weighted by molar-refractivity contribution is -0.123. The summed E-state index contributed by atoms with van der Waals surface area (Å²) in [7, 11) is 1.77. The van der Waals surface area contributed by atoms with Crippen LogP contribution in [-0.2, 0) is 9.59 Å². The number of nitrogens with zero attached hydrogens (tertiary/aromatic N) is 1. The fourth-order valence-electron chi connectivity index (χ4n) is 3.70. The van der Waals surface area contributed by atoms with Gasteiger partial charge in [-0.15, -0.1) is 0 Å². The summed E-state index contributed by atoms with van der Waals surface area (Å²) in [4.78, 5) is 27.3.